The largest absolute Gasteiger partial charge is 0.522 e. The van der Waals surface area contributed by atoms with Crippen molar-refractivity contribution in [3.05, 3.63) is 0 Å². The van der Waals surface area contributed by atoms with Crippen molar-refractivity contribution < 1.29 is 35.5 Å². The molecule has 0 N–H and O–H groups in total. The highest BCUT2D eigenvalue weighted by atomic mass is 79.9. The molecular formula is C5H4BrF7O. The zero-order valence-corrected chi connectivity index (χ0v) is 7.93. The van der Waals surface area contributed by atoms with Crippen LogP contribution >= 0.6 is 15.9 Å². The number of hydrogen-bond acceptors (Lipinski definition) is 1. The van der Waals surface area contributed by atoms with Gasteiger partial charge in [0.15, 0.2) is 0 Å². The minimum Gasteiger partial charge on any atom is -0.292 e. The van der Waals surface area contributed by atoms with Crippen molar-refractivity contribution in [3.63, 3.8) is 0 Å². The molecule has 0 radical (unpaired) electrons. The van der Waals surface area contributed by atoms with E-state index in [2.05, 4.69) is 4.74 Å². The quantitative estimate of drug-likeness (QED) is 0.569. The van der Waals surface area contributed by atoms with Gasteiger partial charge in [-0.05, 0) is 15.9 Å². The van der Waals surface area contributed by atoms with Crippen molar-refractivity contribution in [2.75, 3.05) is 6.61 Å². The summed E-state index contributed by atoms with van der Waals surface area (Å²) in [5, 5.41) is 0. The monoisotopic (exact) mass is 292 g/mol. The van der Waals surface area contributed by atoms with E-state index in [9.17, 15) is 30.7 Å². The van der Waals surface area contributed by atoms with E-state index in [1.807, 2.05) is 0 Å². The molecule has 0 aromatic carbocycles. The lowest BCUT2D eigenvalue weighted by Gasteiger charge is -2.21. The number of halogens is 8. The van der Waals surface area contributed by atoms with Crippen molar-refractivity contribution in [1.29, 1.82) is 0 Å². The topological polar surface area (TPSA) is 9.23 Å². The molecule has 0 rings (SSSR count). The molecule has 0 aromatic heterocycles. The number of ether oxygens (including phenoxy) is 1. The fraction of sp³-hybridized carbons (Fsp3) is 1.00. The van der Waals surface area contributed by atoms with Crippen molar-refractivity contribution >= 4 is 15.9 Å². The molecule has 0 aromatic rings. The second-order valence-corrected chi connectivity index (χ2v) is 3.24. The molecule has 86 valence electrons. The first-order valence-electron chi connectivity index (χ1n) is 3.11. The minimum absolute atomic E-state index is 1.36. The van der Waals surface area contributed by atoms with Gasteiger partial charge in [-0.25, -0.2) is 0 Å². The average molecular weight is 293 g/mol. The van der Waals surface area contributed by atoms with Crippen molar-refractivity contribution in [3.8, 4) is 0 Å². The van der Waals surface area contributed by atoms with Gasteiger partial charge in [0, 0.05) is 6.42 Å². The van der Waals surface area contributed by atoms with Gasteiger partial charge in [0.1, 0.15) is 0 Å². The molecule has 0 heterocycles. The van der Waals surface area contributed by atoms with Crippen LogP contribution in [0.25, 0.3) is 0 Å². The predicted octanol–water partition coefficient (Wildman–Crippen LogP) is 3.54. The Morgan fingerprint density at radius 3 is 1.64 bits per heavy atom. The van der Waals surface area contributed by atoms with E-state index in [1.165, 1.54) is 15.9 Å². The van der Waals surface area contributed by atoms with Crippen molar-refractivity contribution in [2.45, 2.75) is 23.5 Å². The Morgan fingerprint density at radius 1 is 0.929 bits per heavy atom. The van der Waals surface area contributed by atoms with Crippen molar-refractivity contribution in [1.82, 2.24) is 0 Å². The maximum atomic E-state index is 12.3. The SMILES string of the molecule is FC(F)(F)OCCC(F)(F)C(F)(F)Br. The van der Waals surface area contributed by atoms with E-state index in [-0.39, 0.29) is 0 Å². The standard InChI is InChI=1S/C5H4BrF7O/c6-4(9,10)3(7,8)1-2-14-5(11,12)13/h1-2H2. The van der Waals surface area contributed by atoms with Crippen LogP contribution in [0.2, 0.25) is 0 Å². The molecule has 9 heteroatoms. The lowest BCUT2D eigenvalue weighted by molar-refractivity contribution is -0.329. The summed E-state index contributed by atoms with van der Waals surface area (Å²) >= 11 is 1.36. The second-order valence-electron chi connectivity index (χ2n) is 2.25. The molecule has 14 heavy (non-hydrogen) atoms. The molecule has 0 saturated carbocycles. The van der Waals surface area contributed by atoms with Gasteiger partial charge in [-0.15, -0.1) is 13.2 Å². The summed E-state index contributed by atoms with van der Waals surface area (Å²) in [5.74, 6) is -4.59. The third kappa shape index (κ3) is 4.99. The highest BCUT2D eigenvalue weighted by Crippen LogP contribution is 2.41. The molecule has 0 aliphatic rings. The zero-order chi connectivity index (χ0) is 11.6. The number of hydrogen-bond donors (Lipinski definition) is 0. The predicted molar refractivity (Wildman–Crippen MR) is 35.4 cm³/mol. The summed E-state index contributed by atoms with van der Waals surface area (Å²) in [6.45, 7) is -1.53. The van der Waals surface area contributed by atoms with E-state index in [0.29, 0.717) is 0 Å². The molecular weight excluding hydrogens is 289 g/mol. The van der Waals surface area contributed by atoms with E-state index in [0.717, 1.165) is 0 Å². The van der Waals surface area contributed by atoms with Gasteiger partial charge >= 0.3 is 17.1 Å². The fourth-order valence-corrected chi connectivity index (χ4v) is 0.635. The van der Waals surface area contributed by atoms with Gasteiger partial charge in [-0.3, -0.25) is 4.74 Å². The van der Waals surface area contributed by atoms with Crippen LogP contribution in [0.1, 0.15) is 6.42 Å². The Labute approximate surface area is 82.3 Å². The number of rotatable bonds is 4. The second kappa shape index (κ2) is 4.21. The summed E-state index contributed by atoms with van der Waals surface area (Å²) < 4.78 is 85.1. The van der Waals surface area contributed by atoms with Crippen LogP contribution < -0.4 is 0 Å². The van der Waals surface area contributed by atoms with E-state index < -0.39 is 30.1 Å². The molecule has 1 nitrogen and oxygen atoms in total. The van der Waals surface area contributed by atoms with Crippen LogP contribution in [0.15, 0.2) is 0 Å². The van der Waals surface area contributed by atoms with Crippen LogP contribution in [-0.2, 0) is 4.74 Å². The average Bonchev–Trinajstić information content (AvgIpc) is 1.80. The Balaban J connectivity index is 4.02. The van der Waals surface area contributed by atoms with Gasteiger partial charge in [0.2, 0.25) is 0 Å². The molecule has 0 atom stereocenters. The van der Waals surface area contributed by atoms with Crippen LogP contribution in [0.5, 0.6) is 0 Å². The highest BCUT2D eigenvalue weighted by molar-refractivity contribution is 9.10. The van der Waals surface area contributed by atoms with Crippen LogP contribution in [0.3, 0.4) is 0 Å². The molecule has 0 unspecified atom stereocenters. The molecule has 0 aliphatic heterocycles. The van der Waals surface area contributed by atoms with Crippen LogP contribution in [0.4, 0.5) is 30.7 Å². The molecule has 0 aliphatic carbocycles. The third-order valence-corrected chi connectivity index (χ3v) is 1.68. The lowest BCUT2D eigenvalue weighted by Crippen LogP contribution is -2.36. The minimum atomic E-state index is -5.10. The Kier molecular flexibility index (Phi) is 4.20. The van der Waals surface area contributed by atoms with Gasteiger partial charge in [-0.2, -0.15) is 17.6 Å². The fourth-order valence-electron chi connectivity index (χ4n) is 0.437. The van der Waals surface area contributed by atoms with Crippen LogP contribution in [0, 0.1) is 0 Å². The van der Waals surface area contributed by atoms with Gasteiger partial charge in [0.25, 0.3) is 0 Å². The maximum absolute atomic E-state index is 12.3. The lowest BCUT2D eigenvalue weighted by atomic mass is 10.2. The molecule has 0 saturated heterocycles. The first-order valence-corrected chi connectivity index (χ1v) is 3.90. The smallest absolute Gasteiger partial charge is 0.292 e. The Morgan fingerprint density at radius 2 is 1.36 bits per heavy atom. The summed E-state index contributed by atoms with van der Waals surface area (Å²) in [4.78, 5) is -4.55. The van der Waals surface area contributed by atoms with E-state index >= 15 is 0 Å². The van der Waals surface area contributed by atoms with Gasteiger partial charge < -0.3 is 0 Å². The molecule has 0 amide bonds. The van der Waals surface area contributed by atoms with Gasteiger partial charge in [0.05, 0.1) is 6.61 Å². The van der Waals surface area contributed by atoms with Crippen molar-refractivity contribution in [2.24, 2.45) is 0 Å². The molecule has 0 spiro atoms. The number of alkyl halides is 8. The first kappa shape index (κ1) is 13.9. The summed E-state index contributed by atoms with van der Waals surface area (Å²) in [5.41, 5.74) is 0. The normalized spacial score (nSPS) is 14.6. The van der Waals surface area contributed by atoms with Crippen LogP contribution in [-0.4, -0.2) is 23.7 Å². The third-order valence-electron chi connectivity index (χ3n) is 1.10. The van der Waals surface area contributed by atoms with Gasteiger partial charge in [-0.1, -0.05) is 0 Å². The Hall–Kier alpha value is -0.0500. The first-order chi connectivity index (χ1) is 5.96. The molecule has 0 bridgehead atoms. The summed E-state index contributed by atoms with van der Waals surface area (Å²) in [6.07, 6.45) is -6.83. The summed E-state index contributed by atoms with van der Waals surface area (Å²) in [6, 6.07) is 0. The highest BCUT2D eigenvalue weighted by Gasteiger charge is 2.54. The maximum Gasteiger partial charge on any atom is 0.522 e. The van der Waals surface area contributed by atoms with E-state index in [4.69, 9.17) is 0 Å². The van der Waals surface area contributed by atoms with E-state index in [1.54, 1.807) is 0 Å². The zero-order valence-electron chi connectivity index (χ0n) is 6.35. The molecule has 0 fully saturated rings. The summed E-state index contributed by atoms with van der Waals surface area (Å²) in [7, 11) is 0. The Bertz CT molecular complexity index is 183.